The molecular formula is C20H19ClN2O4. The lowest BCUT2D eigenvalue weighted by Gasteiger charge is -2.17. The molecule has 2 amide bonds. The van der Waals surface area contributed by atoms with Gasteiger partial charge in [0.15, 0.2) is 6.10 Å². The average molecular weight is 387 g/mol. The molecule has 0 unspecified atom stereocenters. The van der Waals surface area contributed by atoms with Gasteiger partial charge in [-0.1, -0.05) is 23.7 Å². The summed E-state index contributed by atoms with van der Waals surface area (Å²) < 4.78 is 5.26. The largest absolute Gasteiger partial charge is 0.449 e. The summed E-state index contributed by atoms with van der Waals surface area (Å²) in [5.74, 6) is -1.05. The molecule has 2 aromatic carbocycles. The van der Waals surface area contributed by atoms with E-state index in [4.69, 9.17) is 16.3 Å². The van der Waals surface area contributed by atoms with Crippen LogP contribution in [0.5, 0.6) is 0 Å². The van der Waals surface area contributed by atoms with Crippen LogP contribution >= 0.6 is 11.6 Å². The van der Waals surface area contributed by atoms with Crippen LogP contribution in [-0.2, 0) is 14.3 Å². The number of esters is 1. The van der Waals surface area contributed by atoms with Gasteiger partial charge in [0.25, 0.3) is 5.91 Å². The molecule has 1 N–H and O–H groups in total. The Morgan fingerprint density at radius 2 is 1.96 bits per heavy atom. The zero-order valence-electron chi connectivity index (χ0n) is 14.8. The molecule has 6 nitrogen and oxygen atoms in total. The van der Waals surface area contributed by atoms with Crippen molar-refractivity contribution in [3.8, 4) is 0 Å². The third kappa shape index (κ3) is 4.65. The van der Waals surface area contributed by atoms with E-state index in [1.54, 1.807) is 53.4 Å². The molecule has 3 rings (SSSR count). The van der Waals surface area contributed by atoms with Gasteiger partial charge in [-0.2, -0.15) is 0 Å². The van der Waals surface area contributed by atoms with E-state index >= 15 is 0 Å². The Bertz CT molecular complexity index is 884. The number of rotatable bonds is 5. The van der Waals surface area contributed by atoms with Gasteiger partial charge in [0.2, 0.25) is 5.91 Å². The lowest BCUT2D eigenvalue weighted by Crippen LogP contribution is -2.30. The Balaban J connectivity index is 1.64. The van der Waals surface area contributed by atoms with Crippen LogP contribution in [0.4, 0.5) is 11.4 Å². The fraction of sp³-hybridized carbons (Fsp3) is 0.250. The lowest BCUT2D eigenvalue weighted by atomic mass is 10.2. The number of hydrogen-bond donors (Lipinski definition) is 1. The van der Waals surface area contributed by atoms with E-state index in [1.165, 1.54) is 6.92 Å². The van der Waals surface area contributed by atoms with Crippen molar-refractivity contribution in [2.75, 3.05) is 16.8 Å². The molecule has 0 spiro atoms. The molecule has 27 heavy (non-hydrogen) atoms. The molecule has 140 valence electrons. The zero-order valence-corrected chi connectivity index (χ0v) is 15.5. The van der Waals surface area contributed by atoms with Gasteiger partial charge in [0.1, 0.15) is 0 Å². The van der Waals surface area contributed by atoms with Crippen LogP contribution in [0.2, 0.25) is 5.02 Å². The van der Waals surface area contributed by atoms with Crippen LogP contribution in [0.25, 0.3) is 0 Å². The highest BCUT2D eigenvalue weighted by Gasteiger charge is 2.23. The number of nitrogens with zero attached hydrogens (tertiary/aromatic N) is 1. The summed E-state index contributed by atoms with van der Waals surface area (Å²) in [7, 11) is 0. The van der Waals surface area contributed by atoms with Gasteiger partial charge in [-0.25, -0.2) is 4.79 Å². The maximum Gasteiger partial charge on any atom is 0.338 e. The van der Waals surface area contributed by atoms with Crippen molar-refractivity contribution in [3.63, 3.8) is 0 Å². The molecule has 0 aromatic heterocycles. The predicted molar refractivity (Wildman–Crippen MR) is 103 cm³/mol. The molecule has 0 bridgehead atoms. The second kappa shape index (κ2) is 8.22. The first-order chi connectivity index (χ1) is 12.9. The van der Waals surface area contributed by atoms with Gasteiger partial charge in [0.05, 0.1) is 5.56 Å². The Morgan fingerprint density at radius 1 is 1.19 bits per heavy atom. The minimum Gasteiger partial charge on any atom is -0.449 e. The van der Waals surface area contributed by atoms with E-state index in [0.717, 1.165) is 6.42 Å². The minimum atomic E-state index is -0.992. The number of carbonyl (C=O) groups excluding carboxylic acids is 3. The standard InChI is InChI=1S/C20H19ClN2O4/c1-13(19(25)22-16-7-3-6-15(21)12-16)27-20(26)14-5-2-8-17(11-14)23-10-4-9-18(23)24/h2-3,5-8,11-13H,4,9-10H2,1H3,(H,22,25)/t13-/m0/s1. The summed E-state index contributed by atoms with van der Waals surface area (Å²) in [6.07, 6.45) is 0.317. The number of ether oxygens (including phenoxy) is 1. The van der Waals surface area contributed by atoms with Gasteiger partial charge in [-0.15, -0.1) is 0 Å². The number of anilines is 2. The molecule has 1 atom stereocenters. The van der Waals surface area contributed by atoms with Crippen LogP contribution < -0.4 is 10.2 Å². The van der Waals surface area contributed by atoms with Crippen molar-refractivity contribution >= 4 is 40.8 Å². The number of halogens is 1. The normalized spacial score (nSPS) is 14.7. The third-order valence-electron chi connectivity index (χ3n) is 4.21. The Kier molecular flexibility index (Phi) is 5.76. The second-order valence-corrected chi connectivity index (χ2v) is 6.68. The fourth-order valence-corrected chi connectivity index (χ4v) is 3.00. The van der Waals surface area contributed by atoms with E-state index in [1.807, 2.05) is 0 Å². The van der Waals surface area contributed by atoms with Gasteiger partial charge in [0, 0.05) is 29.4 Å². The van der Waals surface area contributed by atoms with E-state index in [-0.39, 0.29) is 11.5 Å². The molecule has 0 aliphatic carbocycles. The van der Waals surface area contributed by atoms with E-state index < -0.39 is 18.0 Å². The highest BCUT2D eigenvalue weighted by molar-refractivity contribution is 6.30. The number of hydrogen-bond acceptors (Lipinski definition) is 4. The Labute approximate surface area is 162 Å². The van der Waals surface area contributed by atoms with E-state index in [0.29, 0.717) is 29.4 Å². The van der Waals surface area contributed by atoms with Crippen molar-refractivity contribution in [2.45, 2.75) is 25.9 Å². The first kappa shape index (κ1) is 18.9. The summed E-state index contributed by atoms with van der Waals surface area (Å²) in [5.41, 5.74) is 1.46. The molecule has 1 fully saturated rings. The molecule has 1 heterocycles. The van der Waals surface area contributed by atoms with Crippen molar-refractivity contribution in [1.82, 2.24) is 0 Å². The molecule has 7 heteroatoms. The summed E-state index contributed by atoms with van der Waals surface area (Å²) >= 11 is 5.89. The van der Waals surface area contributed by atoms with Crippen LogP contribution in [0, 0.1) is 0 Å². The quantitative estimate of drug-likeness (QED) is 0.796. The van der Waals surface area contributed by atoms with Crippen LogP contribution in [0.3, 0.4) is 0 Å². The minimum absolute atomic E-state index is 0.0368. The first-order valence-corrected chi connectivity index (χ1v) is 8.99. The maximum atomic E-state index is 12.4. The second-order valence-electron chi connectivity index (χ2n) is 6.25. The SMILES string of the molecule is C[C@H](OC(=O)c1cccc(N2CCCC2=O)c1)C(=O)Nc1cccc(Cl)c1. The average Bonchev–Trinajstić information content (AvgIpc) is 3.07. The first-order valence-electron chi connectivity index (χ1n) is 8.62. The van der Waals surface area contributed by atoms with Crippen LogP contribution in [0.1, 0.15) is 30.1 Å². The van der Waals surface area contributed by atoms with E-state index in [2.05, 4.69) is 5.32 Å². The van der Waals surface area contributed by atoms with Crippen LogP contribution in [0.15, 0.2) is 48.5 Å². The van der Waals surface area contributed by atoms with Crippen molar-refractivity contribution in [3.05, 3.63) is 59.1 Å². The highest BCUT2D eigenvalue weighted by Crippen LogP contribution is 2.23. The fourth-order valence-electron chi connectivity index (χ4n) is 2.81. The summed E-state index contributed by atoms with van der Waals surface area (Å²) in [6, 6.07) is 13.3. The molecular weight excluding hydrogens is 368 g/mol. The van der Waals surface area contributed by atoms with E-state index in [9.17, 15) is 14.4 Å². The molecule has 0 radical (unpaired) electrons. The van der Waals surface area contributed by atoms with Crippen molar-refractivity contribution < 1.29 is 19.1 Å². The lowest BCUT2D eigenvalue weighted by molar-refractivity contribution is -0.123. The number of nitrogens with one attached hydrogen (secondary N) is 1. The Hall–Kier alpha value is -2.86. The predicted octanol–water partition coefficient (Wildman–Crippen LogP) is 3.65. The van der Waals surface area contributed by atoms with Gasteiger partial charge in [-0.3, -0.25) is 9.59 Å². The summed E-state index contributed by atoms with van der Waals surface area (Å²) in [5, 5.41) is 3.14. The highest BCUT2D eigenvalue weighted by atomic mass is 35.5. The monoisotopic (exact) mass is 386 g/mol. The summed E-state index contributed by atoms with van der Waals surface area (Å²) in [4.78, 5) is 38.1. The maximum absolute atomic E-state index is 12.4. The smallest absolute Gasteiger partial charge is 0.338 e. The molecule has 1 aliphatic rings. The van der Waals surface area contributed by atoms with Gasteiger partial charge < -0.3 is 15.0 Å². The van der Waals surface area contributed by atoms with Crippen molar-refractivity contribution in [2.24, 2.45) is 0 Å². The topological polar surface area (TPSA) is 75.7 Å². The molecule has 2 aromatic rings. The van der Waals surface area contributed by atoms with Crippen LogP contribution in [-0.4, -0.2) is 30.4 Å². The Morgan fingerprint density at radius 3 is 2.67 bits per heavy atom. The number of amides is 2. The number of benzene rings is 2. The molecule has 1 saturated heterocycles. The molecule has 1 aliphatic heterocycles. The number of carbonyl (C=O) groups is 3. The molecule has 0 saturated carbocycles. The van der Waals surface area contributed by atoms with Gasteiger partial charge in [-0.05, 0) is 49.7 Å². The van der Waals surface area contributed by atoms with Crippen molar-refractivity contribution in [1.29, 1.82) is 0 Å². The third-order valence-corrected chi connectivity index (χ3v) is 4.45. The zero-order chi connectivity index (χ0) is 19.4. The van der Waals surface area contributed by atoms with Gasteiger partial charge >= 0.3 is 5.97 Å². The summed E-state index contributed by atoms with van der Waals surface area (Å²) in [6.45, 7) is 2.13.